The van der Waals surface area contributed by atoms with Gasteiger partial charge in [-0.1, -0.05) is 0 Å². The second-order valence-corrected chi connectivity index (χ2v) is 5.15. The minimum Gasteiger partial charge on any atom is -0.382 e. The van der Waals surface area contributed by atoms with E-state index in [9.17, 15) is 0 Å². The first kappa shape index (κ1) is 14.6. The fourth-order valence-electron chi connectivity index (χ4n) is 1.40. The van der Waals surface area contributed by atoms with Gasteiger partial charge in [-0.25, -0.2) is 4.98 Å². The fourth-order valence-corrected chi connectivity index (χ4v) is 2.16. The molecule has 1 N–H and O–H groups in total. The molecule has 1 aromatic rings. The molecule has 0 spiro atoms. The average molecular weight is 258 g/mol. The Balaban J connectivity index is 1.84. The lowest BCUT2D eigenvalue weighted by Gasteiger charge is -2.04. The zero-order chi connectivity index (χ0) is 12.3. The molecule has 0 fully saturated rings. The number of hydrogen-bond acceptors (Lipinski definition) is 5. The number of nitrogens with zero attached hydrogens (tertiary/aromatic N) is 1. The van der Waals surface area contributed by atoms with Crippen molar-refractivity contribution in [3.63, 3.8) is 0 Å². The van der Waals surface area contributed by atoms with Crippen LogP contribution in [0, 0.1) is 6.92 Å². The lowest BCUT2D eigenvalue weighted by Crippen LogP contribution is -2.14. The molecular formula is C12H22N2O2S. The highest BCUT2D eigenvalue weighted by molar-refractivity contribution is 7.11. The Labute approximate surface area is 107 Å². The van der Waals surface area contributed by atoms with Crippen molar-refractivity contribution in [1.29, 1.82) is 0 Å². The molecule has 5 heteroatoms. The van der Waals surface area contributed by atoms with Crippen LogP contribution in [0.15, 0.2) is 6.20 Å². The second kappa shape index (κ2) is 9.53. The molecule has 1 aromatic heterocycles. The summed E-state index contributed by atoms with van der Waals surface area (Å²) in [5.74, 6) is 0. The number of thiazole rings is 1. The van der Waals surface area contributed by atoms with E-state index < -0.39 is 0 Å². The van der Waals surface area contributed by atoms with Crippen LogP contribution in [0.3, 0.4) is 0 Å². The molecule has 0 atom stereocenters. The van der Waals surface area contributed by atoms with Gasteiger partial charge in [0.25, 0.3) is 0 Å². The van der Waals surface area contributed by atoms with Gasteiger partial charge in [0.1, 0.15) is 0 Å². The van der Waals surface area contributed by atoms with Gasteiger partial charge in [-0.2, -0.15) is 0 Å². The van der Waals surface area contributed by atoms with Crippen molar-refractivity contribution in [2.24, 2.45) is 0 Å². The van der Waals surface area contributed by atoms with Crippen molar-refractivity contribution in [2.75, 3.05) is 33.5 Å². The molecule has 0 amide bonds. The highest BCUT2D eigenvalue weighted by Crippen LogP contribution is 2.10. The number of aromatic nitrogens is 1. The number of ether oxygens (including phenoxy) is 2. The molecule has 0 aliphatic rings. The highest BCUT2D eigenvalue weighted by Gasteiger charge is 1.97. The molecule has 1 heterocycles. The van der Waals surface area contributed by atoms with E-state index in [1.807, 2.05) is 13.1 Å². The Morgan fingerprint density at radius 3 is 2.88 bits per heavy atom. The minimum atomic E-state index is 0.684. The molecule has 0 aliphatic carbocycles. The predicted molar refractivity (Wildman–Crippen MR) is 70.5 cm³/mol. The molecule has 0 bridgehead atoms. The maximum Gasteiger partial charge on any atom is 0.0897 e. The van der Waals surface area contributed by atoms with Crippen molar-refractivity contribution in [3.8, 4) is 0 Å². The smallest absolute Gasteiger partial charge is 0.0897 e. The molecule has 0 saturated heterocycles. The zero-order valence-corrected chi connectivity index (χ0v) is 11.5. The minimum absolute atomic E-state index is 0.684. The molecule has 4 nitrogen and oxygen atoms in total. The molecule has 0 aromatic carbocycles. The summed E-state index contributed by atoms with van der Waals surface area (Å²) in [4.78, 5) is 5.52. The standard InChI is InChI=1S/C12H22N2O2S/c1-11-14-10-12(17-11)9-13-5-3-4-6-16-8-7-15-2/h10,13H,3-9H2,1-2H3. The average Bonchev–Trinajstić information content (AvgIpc) is 2.73. The zero-order valence-electron chi connectivity index (χ0n) is 10.7. The van der Waals surface area contributed by atoms with E-state index in [1.54, 1.807) is 18.4 Å². The van der Waals surface area contributed by atoms with Gasteiger partial charge in [0, 0.05) is 31.3 Å². The predicted octanol–water partition coefficient (Wildman–Crippen LogP) is 1.98. The number of aryl methyl sites for hydroxylation is 1. The Kier molecular flexibility index (Phi) is 8.17. The van der Waals surface area contributed by atoms with Crippen LogP contribution in [0.25, 0.3) is 0 Å². The second-order valence-electron chi connectivity index (χ2n) is 3.83. The summed E-state index contributed by atoms with van der Waals surface area (Å²) in [5, 5.41) is 4.54. The highest BCUT2D eigenvalue weighted by atomic mass is 32.1. The Morgan fingerprint density at radius 2 is 2.18 bits per heavy atom. The van der Waals surface area contributed by atoms with Crippen LogP contribution in [0.2, 0.25) is 0 Å². The summed E-state index contributed by atoms with van der Waals surface area (Å²) in [6.45, 7) is 6.20. The first-order valence-electron chi connectivity index (χ1n) is 6.01. The lowest BCUT2D eigenvalue weighted by atomic mass is 10.3. The Bertz CT molecular complexity index is 292. The third-order valence-corrected chi connectivity index (χ3v) is 3.21. The topological polar surface area (TPSA) is 43.4 Å². The van der Waals surface area contributed by atoms with E-state index in [0.29, 0.717) is 13.2 Å². The summed E-state index contributed by atoms with van der Waals surface area (Å²) in [5.41, 5.74) is 0. The number of rotatable bonds is 10. The van der Waals surface area contributed by atoms with Gasteiger partial charge < -0.3 is 14.8 Å². The third-order valence-electron chi connectivity index (χ3n) is 2.29. The van der Waals surface area contributed by atoms with E-state index in [4.69, 9.17) is 9.47 Å². The maximum absolute atomic E-state index is 5.38. The molecule has 0 unspecified atom stereocenters. The first-order valence-corrected chi connectivity index (χ1v) is 6.83. The van der Waals surface area contributed by atoms with Gasteiger partial charge in [0.05, 0.1) is 18.2 Å². The van der Waals surface area contributed by atoms with Crippen molar-refractivity contribution < 1.29 is 9.47 Å². The van der Waals surface area contributed by atoms with E-state index in [1.165, 1.54) is 4.88 Å². The van der Waals surface area contributed by atoms with Crippen molar-refractivity contribution in [2.45, 2.75) is 26.3 Å². The van der Waals surface area contributed by atoms with Crippen LogP contribution < -0.4 is 5.32 Å². The maximum atomic E-state index is 5.38. The molecular weight excluding hydrogens is 236 g/mol. The molecule has 17 heavy (non-hydrogen) atoms. The van der Waals surface area contributed by atoms with Crippen LogP contribution in [-0.4, -0.2) is 38.5 Å². The first-order chi connectivity index (χ1) is 8.33. The van der Waals surface area contributed by atoms with Crippen LogP contribution in [0.4, 0.5) is 0 Å². The van der Waals surface area contributed by atoms with Crippen LogP contribution in [0.1, 0.15) is 22.7 Å². The van der Waals surface area contributed by atoms with Gasteiger partial charge >= 0.3 is 0 Å². The van der Waals surface area contributed by atoms with Crippen LogP contribution >= 0.6 is 11.3 Å². The quantitative estimate of drug-likeness (QED) is 0.652. The van der Waals surface area contributed by atoms with E-state index in [0.717, 1.165) is 37.5 Å². The SMILES string of the molecule is COCCOCCCCNCc1cnc(C)s1. The fraction of sp³-hybridized carbons (Fsp3) is 0.750. The van der Waals surface area contributed by atoms with Gasteiger partial charge in [-0.15, -0.1) is 11.3 Å². The molecule has 98 valence electrons. The summed E-state index contributed by atoms with van der Waals surface area (Å²) < 4.78 is 10.3. The van der Waals surface area contributed by atoms with Crippen molar-refractivity contribution in [1.82, 2.24) is 10.3 Å². The number of unbranched alkanes of at least 4 members (excludes halogenated alkanes) is 1. The number of hydrogen-bond donors (Lipinski definition) is 1. The summed E-state index contributed by atoms with van der Waals surface area (Å²) in [6, 6.07) is 0. The molecule has 0 radical (unpaired) electrons. The van der Waals surface area contributed by atoms with Gasteiger partial charge in [-0.3, -0.25) is 0 Å². The number of methoxy groups -OCH3 is 1. The molecule has 1 rings (SSSR count). The Hall–Kier alpha value is -0.490. The molecule has 0 saturated carbocycles. The summed E-state index contributed by atoms with van der Waals surface area (Å²) in [6.07, 6.45) is 4.18. The van der Waals surface area contributed by atoms with Crippen LogP contribution in [-0.2, 0) is 16.0 Å². The molecule has 0 aliphatic heterocycles. The van der Waals surface area contributed by atoms with Crippen molar-refractivity contribution >= 4 is 11.3 Å². The van der Waals surface area contributed by atoms with Gasteiger partial charge in [-0.05, 0) is 26.3 Å². The summed E-state index contributed by atoms with van der Waals surface area (Å²) >= 11 is 1.75. The van der Waals surface area contributed by atoms with Gasteiger partial charge in [0.2, 0.25) is 0 Å². The third kappa shape index (κ3) is 7.44. The van der Waals surface area contributed by atoms with E-state index in [-0.39, 0.29) is 0 Å². The Morgan fingerprint density at radius 1 is 1.29 bits per heavy atom. The van der Waals surface area contributed by atoms with Crippen LogP contribution in [0.5, 0.6) is 0 Å². The summed E-state index contributed by atoms with van der Waals surface area (Å²) in [7, 11) is 1.69. The van der Waals surface area contributed by atoms with Gasteiger partial charge in [0.15, 0.2) is 0 Å². The largest absolute Gasteiger partial charge is 0.382 e. The van der Waals surface area contributed by atoms with E-state index >= 15 is 0 Å². The van der Waals surface area contributed by atoms with E-state index in [2.05, 4.69) is 10.3 Å². The number of nitrogens with one attached hydrogen (secondary N) is 1. The monoisotopic (exact) mass is 258 g/mol. The normalized spacial score (nSPS) is 10.9. The lowest BCUT2D eigenvalue weighted by molar-refractivity contribution is 0.0688. The van der Waals surface area contributed by atoms with Crippen molar-refractivity contribution in [3.05, 3.63) is 16.1 Å².